The summed E-state index contributed by atoms with van der Waals surface area (Å²) >= 11 is 0. The van der Waals surface area contributed by atoms with Crippen LogP contribution < -0.4 is 10.2 Å². The lowest BCUT2D eigenvalue weighted by molar-refractivity contribution is 0.198. The van der Waals surface area contributed by atoms with Crippen molar-refractivity contribution in [2.45, 2.75) is 6.23 Å². The van der Waals surface area contributed by atoms with Crippen LogP contribution in [0.5, 0.6) is 5.75 Å². The number of hydrogen-bond donors (Lipinski definition) is 3. The van der Waals surface area contributed by atoms with E-state index in [9.17, 15) is 10.2 Å². The molecule has 0 bridgehead atoms. The van der Waals surface area contributed by atoms with Crippen LogP contribution in [0.3, 0.4) is 0 Å². The molecule has 2 aromatic rings. The molecule has 1 unspecified atom stereocenters. The monoisotopic (exact) mass is 230 g/mol. The maximum Gasteiger partial charge on any atom is 0.140 e. The Hall–Kier alpha value is -1.78. The Balaban J connectivity index is 2.16. The molecule has 2 aromatic carbocycles. The second-order valence-electron chi connectivity index (χ2n) is 4.25. The molecule has 0 aliphatic carbocycles. The molecule has 3 N–H and O–H groups in total. The van der Waals surface area contributed by atoms with Crippen LogP contribution in [-0.2, 0) is 0 Å². The van der Waals surface area contributed by atoms with Gasteiger partial charge in [0.2, 0.25) is 0 Å². The zero-order chi connectivity index (χ0) is 11.8. The third-order valence-corrected chi connectivity index (χ3v) is 3.12. The minimum Gasteiger partial charge on any atom is -0.508 e. The predicted molar refractivity (Wildman–Crippen MR) is 67.0 cm³/mol. The normalized spacial score (nSPS) is 20.1. The number of aliphatic hydroxyl groups excluding tert-OH is 1. The van der Waals surface area contributed by atoms with Crippen LogP contribution in [0.25, 0.3) is 10.8 Å². The van der Waals surface area contributed by atoms with E-state index in [1.807, 2.05) is 29.2 Å². The highest BCUT2D eigenvalue weighted by Gasteiger charge is 2.22. The second-order valence-corrected chi connectivity index (χ2v) is 4.25. The first-order valence-corrected chi connectivity index (χ1v) is 5.63. The topological polar surface area (TPSA) is 55.7 Å². The fourth-order valence-electron chi connectivity index (χ4n) is 2.28. The maximum absolute atomic E-state index is 9.87. The van der Waals surface area contributed by atoms with Gasteiger partial charge in [0.05, 0.1) is 6.67 Å². The number of rotatable bonds is 1. The summed E-state index contributed by atoms with van der Waals surface area (Å²) in [5, 5.41) is 24.5. The van der Waals surface area contributed by atoms with Crippen molar-refractivity contribution in [3.05, 3.63) is 36.4 Å². The summed E-state index contributed by atoms with van der Waals surface area (Å²) in [5.74, 6) is 0.259. The molecular weight excluding hydrogens is 216 g/mol. The van der Waals surface area contributed by atoms with Crippen LogP contribution >= 0.6 is 0 Å². The molecule has 1 atom stereocenters. The van der Waals surface area contributed by atoms with Gasteiger partial charge in [0, 0.05) is 17.6 Å². The van der Waals surface area contributed by atoms with E-state index in [-0.39, 0.29) is 5.75 Å². The fourth-order valence-corrected chi connectivity index (χ4v) is 2.28. The molecule has 0 saturated carbocycles. The molecule has 3 rings (SSSR count). The van der Waals surface area contributed by atoms with E-state index in [0.29, 0.717) is 13.2 Å². The zero-order valence-electron chi connectivity index (χ0n) is 9.30. The van der Waals surface area contributed by atoms with Crippen LogP contribution in [0, 0.1) is 0 Å². The highest BCUT2D eigenvalue weighted by atomic mass is 16.3. The average molecular weight is 230 g/mol. The number of aromatic hydroxyl groups is 1. The molecule has 1 heterocycles. The lowest BCUT2D eigenvalue weighted by Gasteiger charge is -2.23. The first kappa shape index (κ1) is 10.4. The summed E-state index contributed by atoms with van der Waals surface area (Å²) in [6, 6.07) is 11.1. The van der Waals surface area contributed by atoms with E-state index in [4.69, 9.17) is 0 Å². The number of aliphatic hydroxyl groups is 1. The Morgan fingerprint density at radius 1 is 1.24 bits per heavy atom. The van der Waals surface area contributed by atoms with Gasteiger partial charge in [-0.25, -0.2) is 0 Å². The second kappa shape index (κ2) is 3.91. The number of anilines is 1. The van der Waals surface area contributed by atoms with E-state index in [0.717, 1.165) is 16.5 Å². The minimum absolute atomic E-state index is 0.259. The maximum atomic E-state index is 9.87. The summed E-state index contributed by atoms with van der Waals surface area (Å²) in [4.78, 5) is 1.92. The largest absolute Gasteiger partial charge is 0.508 e. The number of β-amino-alcohol motifs (C(OH)–C–C–N with tert-alkyl or cyclic N) is 1. The molecule has 4 nitrogen and oxygen atoms in total. The lowest BCUT2D eigenvalue weighted by atomic mass is 10.1. The van der Waals surface area contributed by atoms with Gasteiger partial charge in [-0.1, -0.05) is 12.1 Å². The Bertz CT molecular complexity index is 556. The van der Waals surface area contributed by atoms with Crippen molar-refractivity contribution in [2.24, 2.45) is 0 Å². The number of phenolic OH excluding ortho intramolecular Hbond substituents is 1. The van der Waals surface area contributed by atoms with E-state index in [1.54, 1.807) is 12.1 Å². The third kappa shape index (κ3) is 1.71. The third-order valence-electron chi connectivity index (χ3n) is 3.12. The highest BCUT2D eigenvalue weighted by Crippen LogP contribution is 2.30. The predicted octanol–water partition coefficient (Wildman–Crippen LogP) is 1.23. The van der Waals surface area contributed by atoms with Gasteiger partial charge >= 0.3 is 0 Å². The summed E-state index contributed by atoms with van der Waals surface area (Å²) in [6.07, 6.45) is -0.491. The molecule has 1 aliphatic rings. The van der Waals surface area contributed by atoms with Gasteiger partial charge in [-0.05, 0) is 29.7 Å². The van der Waals surface area contributed by atoms with Crippen molar-refractivity contribution in [1.82, 2.24) is 5.32 Å². The number of benzene rings is 2. The van der Waals surface area contributed by atoms with Gasteiger partial charge in [-0.3, -0.25) is 5.32 Å². The molecule has 1 aliphatic heterocycles. The van der Waals surface area contributed by atoms with E-state index in [1.165, 1.54) is 0 Å². The quantitative estimate of drug-likeness (QED) is 0.689. The summed E-state index contributed by atoms with van der Waals surface area (Å²) in [7, 11) is 0. The summed E-state index contributed by atoms with van der Waals surface area (Å²) < 4.78 is 0. The molecule has 0 spiro atoms. The lowest BCUT2D eigenvalue weighted by Crippen LogP contribution is -2.30. The molecule has 4 heteroatoms. The summed E-state index contributed by atoms with van der Waals surface area (Å²) in [6.45, 7) is 1.22. The standard InChI is InChI=1S/C13H14N2O2/c16-10-4-5-11-9(6-10)2-1-3-12(11)15-8-14-7-13(15)17/h1-6,13-14,16-17H,7-8H2. The van der Waals surface area contributed by atoms with Crippen LogP contribution in [0.15, 0.2) is 36.4 Å². The van der Waals surface area contributed by atoms with Gasteiger partial charge in [0.1, 0.15) is 12.0 Å². The van der Waals surface area contributed by atoms with Crippen molar-refractivity contribution in [3.63, 3.8) is 0 Å². The van der Waals surface area contributed by atoms with Crippen molar-refractivity contribution in [2.75, 3.05) is 18.1 Å². The number of nitrogens with zero attached hydrogens (tertiary/aromatic N) is 1. The van der Waals surface area contributed by atoms with Gasteiger partial charge in [-0.2, -0.15) is 0 Å². The van der Waals surface area contributed by atoms with Gasteiger partial charge in [0.25, 0.3) is 0 Å². The minimum atomic E-state index is -0.491. The molecule has 0 amide bonds. The van der Waals surface area contributed by atoms with E-state index >= 15 is 0 Å². The first-order valence-electron chi connectivity index (χ1n) is 5.63. The molecule has 0 radical (unpaired) electrons. The molecule has 88 valence electrons. The Morgan fingerprint density at radius 2 is 2.12 bits per heavy atom. The number of fused-ring (bicyclic) bond motifs is 1. The molecular formula is C13H14N2O2. The average Bonchev–Trinajstić information content (AvgIpc) is 2.74. The van der Waals surface area contributed by atoms with E-state index < -0.39 is 6.23 Å². The van der Waals surface area contributed by atoms with Crippen molar-refractivity contribution < 1.29 is 10.2 Å². The highest BCUT2D eigenvalue weighted by molar-refractivity contribution is 5.95. The first-order chi connectivity index (χ1) is 8.25. The van der Waals surface area contributed by atoms with Gasteiger partial charge in [-0.15, -0.1) is 0 Å². The smallest absolute Gasteiger partial charge is 0.140 e. The van der Waals surface area contributed by atoms with Crippen molar-refractivity contribution in [3.8, 4) is 5.75 Å². The van der Waals surface area contributed by atoms with Crippen LogP contribution in [0.1, 0.15) is 0 Å². The number of phenols is 1. The molecule has 1 saturated heterocycles. The fraction of sp³-hybridized carbons (Fsp3) is 0.231. The number of nitrogens with one attached hydrogen (secondary N) is 1. The summed E-state index contributed by atoms with van der Waals surface area (Å²) in [5.41, 5.74) is 0.986. The number of hydrogen-bond acceptors (Lipinski definition) is 4. The Labute approximate surface area is 99.1 Å². The Morgan fingerprint density at radius 3 is 2.88 bits per heavy atom. The zero-order valence-corrected chi connectivity index (χ0v) is 9.30. The molecule has 0 aromatic heterocycles. The molecule has 1 fully saturated rings. The SMILES string of the molecule is Oc1ccc2c(N3CNCC3O)cccc2c1. The van der Waals surface area contributed by atoms with Crippen LogP contribution in [0.4, 0.5) is 5.69 Å². The Kier molecular flexibility index (Phi) is 2.39. The van der Waals surface area contributed by atoms with Crippen LogP contribution in [-0.4, -0.2) is 29.7 Å². The van der Waals surface area contributed by atoms with Crippen LogP contribution in [0.2, 0.25) is 0 Å². The van der Waals surface area contributed by atoms with Gasteiger partial charge in [0.15, 0.2) is 0 Å². The van der Waals surface area contributed by atoms with Gasteiger partial charge < -0.3 is 15.1 Å². The van der Waals surface area contributed by atoms with Crippen molar-refractivity contribution in [1.29, 1.82) is 0 Å². The van der Waals surface area contributed by atoms with E-state index in [2.05, 4.69) is 5.32 Å². The molecule has 17 heavy (non-hydrogen) atoms. The van der Waals surface area contributed by atoms with Crippen molar-refractivity contribution >= 4 is 16.5 Å².